The number of hydrogen-bond donors (Lipinski definition) is 1. The van der Waals surface area contributed by atoms with E-state index in [1.165, 1.54) is 12.3 Å². The summed E-state index contributed by atoms with van der Waals surface area (Å²) in [6.07, 6.45) is 1.53. The lowest BCUT2D eigenvalue weighted by molar-refractivity contribution is 0.466. The van der Waals surface area contributed by atoms with Crippen molar-refractivity contribution in [1.29, 1.82) is 5.26 Å². The van der Waals surface area contributed by atoms with Crippen LogP contribution in [0, 0.1) is 11.3 Å². The SMILES string of the molecule is N#CCc1nccc(Cl)c1O. The molecule has 0 unspecified atom stereocenters. The zero-order valence-corrected chi connectivity index (χ0v) is 6.34. The molecule has 1 rings (SSSR count). The fraction of sp³-hybridized carbons (Fsp3) is 0.143. The largest absolute Gasteiger partial charge is 0.505 e. The molecule has 3 nitrogen and oxygen atoms in total. The monoisotopic (exact) mass is 168 g/mol. The van der Waals surface area contributed by atoms with Crippen LogP contribution >= 0.6 is 11.6 Å². The molecule has 0 saturated heterocycles. The third kappa shape index (κ3) is 1.60. The molecule has 0 radical (unpaired) electrons. The van der Waals surface area contributed by atoms with E-state index in [4.69, 9.17) is 16.9 Å². The van der Waals surface area contributed by atoms with Crippen molar-refractivity contribution in [1.82, 2.24) is 4.98 Å². The average molecular weight is 169 g/mol. The van der Waals surface area contributed by atoms with E-state index < -0.39 is 0 Å². The van der Waals surface area contributed by atoms with E-state index in [1.807, 2.05) is 6.07 Å². The van der Waals surface area contributed by atoms with Gasteiger partial charge in [0.15, 0.2) is 5.75 Å². The summed E-state index contributed by atoms with van der Waals surface area (Å²) in [6.45, 7) is 0. The number of rotatable bonds is 1. The van der Waals surface area contributed by atoms with Crippen LogP contribution in [-0.2, 0) is 6.42 Å². The van der Waals surface area contributed by atoms with Gasteiger partial charge in [-0.05, 0) is 6.07 Å². The quantitative estimate of drug-likeness (QED) is 0.692. The fourth-order valence-corrected chi connectivity index (χ4v) is 0.840. The summed E-state index contributed by atoms with van der Waals surface area (Å²) in [6, 6.07) is 3.34. The molecule has 0 saturated carbocycles. The number of aromatic hydroxyl groups is 1. The molecule has 0 amide bonds. The number of pyridine rings is 1. The van der Waals surface area contributed by atoms with Gasteiger partial charge in [0, 0.05) is 6.20 Å². The highest BCUT2D eigenvalue weighted by Gasteiger charge is 2.04. The van der Waals surface area contributed by atoms with Gasteiger partial charge >= 0.3 is 0 Å². The molecule has 11 heavy (non-hydrogen) atoms. The van der Waals surface area contributed by atoms with Gasteiger partial charge in [-0.1, -0.05) is 11.6 Å². The van der Waals surface area contributed by atoms with E-state index in [1.54, 1.807) is 0 Å². The fourth-order valence-electron chi connectivity index (χ4n) is 0.675. The van der Waals surface area contributed by atoms with Crippen LogP contribution in [0.5, 0.6) is 5.75 Å². The van der Waals surface area contributed by atoms with Crippen LogP contribution in [0.3, 0.4) is 0 Å². The zero-order chi connectivity index (χ0) is 8.27. The molecule has 0 fully saturated rings. The first-order chi connectivity index (χ1) is 5.25. The predicted molar refractivity (Wildman–Crippen MR) is 40.2 cm³/mol. The van der Waals surface area contributed by atoms with Gasteiger partial charge < -0.3 is 5.11 Å². The van der Waals surface area contributed by atoms with Crippen LogP contribution < -0.4 is 0 Å². The molecule has 56 valence electrons. The Kier molecular flexibility index (Phi) is 2.29. The highest BCUT2D eigenvalue weighted by molar-refractivity contribution is 6.32. The Morgan fingerprint density at radius 2 is 2.45 bits per heavy atom. The maximum Gasteiger partial charge on any atom is 0.156 e. The minimum absolute atomic E-state index is 0.0758. The summed E-state index contributed by atoms with van der Waals surface area (Å²) in [5.74, 6) is -0.101. The molecule has 0 aromatic carbocycles. The van der Waals surface area contributed by atoms with Crippen molar-refractivity contribution in [3.05, 3.63) is 23.0 Å². The summed E-state index contributed by atoms with van der Waals surface area (Å²) in [5, 5.41) is 17.7. The Morgan fingerprint density at radius 1 is 1.73 bits per heavy atom. The van der Waals surface area contributed by atoms with Crippen LogP contribution in [-0.4, -0.2) is 10.1 Å². The minimum Gasteiger partial charge on any atom is -0.505 e. The summed E-state index contributed by atoms with van der Waals surface area (Å²) in [7, 11) is 0. The maximum atomic E-state index is 9.18. The molecular formula is C7H5ClN2O. The number of nitrogens with zero attached hydrogens (tertiary/aromatic N) is 2. The van der Waals surface area contributed by atoms with Crippen molar-refractivity contribution >= 4 is 11.6 Å². The lowest BCUT2D eigenvalue weighted by Crippen LogP contribution is -1.87. The lowest BCUT2D eigenvalue weighted by atomic mass is 10.2. The first kappa shape index (κ1) is 7.83. The first-order valence-electron chi connectivity index (χ1n) is 2.95. The van der Waals surface area contributed by atoms with Crippen molar-refractivity contribution in [2.75, 3.05) is 0 Å². The van der Waals surface area contributed by atoms with Gasteiger partial charge in [0.25, 0.3) is 0 Å². The Morgan fingerprint density at radius 3 is 3.09 bits per heavy atom. The standard InChI is InChI=1S/C7H5ClN2O/c8-5-2-4-10-6(1-3-9)7(5)11/h2,4,11H,1H2. The smallest absolute Gasteiger partial charge is 0.156 e. The molecule has 0 aliphatic heterocycles. The lowest BCUT2D eigenvalue weighted by Gasteiger charge is -1.98. The van der Waals surface area contributed by atoms with E-state index in [0.29, 0.717) is 5.69 Å². The third-order valence-electron chi connectivity index (χ3n) is 1.20. The average Bonchev–Trinajstić information content (AvgIpc) is 1.99. The summed E-state index contributed by atoms with van der Waals surface area (Å²) in [4.78, 5) is 3.77. The number of halogens is 1. The molecular weight excluding hydrogens is 164 g/mol. The zero-order valence-electron chi connectivity index (χ0n) is 5.58. The Hall–Kier alpha value is -1.27. The molecule has 1 aromatic rings. The minimum atomic E-state index is -0.101. The molecule has 0 aliphatic rings. The van der Waals surface area contributed by atoms with Crippen LogP contribution in [0.4, 0.5) is 0 Å². The second kappa shape index (κ2) is 3.22. The summed E-state index contributed by atoms with van der Waals surface area (Å²) in [5.41, 5.74) is 0.319. The van der Waals surface area contributed by atoms with Crippen LogP contribution in [0.25, 0.3) is 0 Å². The topological polar surface area (TPSA) is 56.9 Å². The van der Waals surface area contributed by atoms with Gasteiger partial charge in [0.1, 0.15) is 0 Å². The van der Waals surface area contributed by atoms with Crippen molar-refractivity contribution in [2.45, 2.75) is 6.42 Å². The van der Waals surface area contributed by atoms with E-state index >= 15 is 0 Å². The highest BCUT2D eigenvalue weighted by atomic mass is 35.5. The Bertz CT molecular complexity index is 306. The second-order valence-corrected chi connectivity index (χ2v) is 2.33. The molecule has 0 spiro atoms. The first-order valence-corrected chi connectivity index (χ1v) is 3.33. The van der Waals surface area contributed by atoms with Gasteiger partial charge in [0.05, 0.1) is 23.2 Å². The van der Waals surface area contributed by atoms with Gasteiger partial charge in [-0.2, -0.15) is 5.26 Å². The van der Waals surface area contributed by atoms with Gasteiger partial charge in [0.2, 0.25) is 0 Å². The normalized spacial score (nSPS) is 9.09. The van der Waals surface area contributed by atoms with Gasteiger partial charge in [-0.15, -0.1) is 0 Å². The van der Waals surface area contributed by atoms with Crippen molar-refractivity contribution < 1.29 is 5.11 Å². The van der Waals surface area contributed by atoms with Crippen LogP contribution in [0.15, 0.2) is 12.3 Å². The molecule has 0 bridgehead atoms. The van der Waals surface area contributed by atoms with Crippen molar-refractivity contribution in [3.63, 3.8) is 0 Å². The summed E-state index contributed by atoms with van der Waals surface area (Å²) >= 11 is 5.55. The third-order valence-corrected chi connectivity index (χ3v) is 1.50. The molecule has 4 heteroatoms. The highest BCUT2D eigenvalue weighted by Crippen LogP contribution is 2.24. The van der Waals surface area contributed by atoms with Crippen LogP contribution in [0.1, 0.15) is 5.69 Å². The van der Waals surface area contributed by atoms with E-state index in [9.17, 15) is 5.11 Å². The number of aromatic nitrogens is 1. The Balaban J connectivity index is 3.08. The van der Waals surface area contributed by atoms with Crippen molar-refractivity contribution in [3.8, 4) is 11.8 Å². The van der Waals surface area contributed by atoms with E-state index in [0.717, 1.165) is 0 Å². The molecule has 1 heterocycles. The Labute approximate surface area is 68.9 Å². The van der Waals surface area contributed by atoms with Gasteiger partial charge in [-0.3, -0.25) is 4.98 Å². The molecule has 0 atom stereocenters. The van der Waals surface area contributed by atoms with E-state index in [-0.39, 0.29) is 17.2 Å². The van der Waals surface area contributed by atoms with Gasteiger partial charge in [-0.25, -0.2) is 0 Å². The molecule has 1 aromatic heterocycles. The molecule has 0 aliphatic carbocycles. The number of nitriles is 1. The number of hydrogen-bond acceptors (Lipinski definition) is 3. The van der Waals surface area contributed by atoms with Crippen molar-refractivity contribution in [2.24, 2.45) is 0 Å². The predicted octanol–water partition coefficient (Wildman–Crippen LogP) is 1.51. The van der Waals surface area contributed by atoms with Crippen LogP contribution in [0.2, 0.25) is 5.02 Å². The summed E-state index contributed by atoms with van der Waals surface area (Å²) < 4.78 is 0. The van der Waals surface area contributed by atoms with E-state index in [2.05, 4.69) is 4.98 Å². The molecule has 1 N–H and O–H groups in total. The second-order valence-electron chi connectivity index (χ2n) is 1.92. The maximum absolute atomic E-state index is 9.18.